The summed E-state index contributed by atoms with van der Waals surface area (Å²) in [6.45, 7) is 0. The largest absolute Gasteiger partial charge is 0.467 e. The van der Waals surface area contributed by atoms with Gasteiger partial charge < -0.3 is 15.8 Å². The molecule has 0 bridgehead atoms. The fourth-order valence-corrected chi connectivity index (χ4v) is 3.78. The number of nitrogen functional groups attached to an aromatic ring is 1. The molecule has 0 spiro atoms. The zero-order chi connectivity index (χ0) is 20.8. The van der Waals surface area contributed by atoms with E-state index in [9.17, 15) is 9.59 Å². The lowest BCUT2D eigenvalue weighted by Crippen LogP contribution is -2.42. The van der Waals surface area contributed by atoms with Crippen molar-refractivity contribution in [2.45, 2.75) is 12.5 Å². The molecule has 1 atom stereocenters. The lowest BCUT2D eigenvalue weighted by Gasteiger charge is -2.18. The summed E-state index contributed by atoms with van der Waals surface area (Å²) in [5, 5.41) is 4.93. The van der Waals surface area contributed by atoms with Crippen LogP contribution in [0.1, 0.15) is 16.8 Å². The van der Waals surface area contributed by atoms with Gasteiger partial charge in [0, 0.05) is 11.3 Å². The summed E-state index contributed by atoms with van der Waals surface area (Å²) in [5.41, 5.74) is 8.72. The second-order valence-electron chi connectivity index (χ2n) is 6.66. The van der Waals surface area contributed by atoms with Crippen LogP contribution in [0.3, 0.4) is 0 Å². The van der Waals surface area contributed by atoms with Gasteiger partial charge in [0.25, 0.3) is 5.91 Å². The normalized spacial score (nSPS) is 11.8. The van der Waals surface area contributed by atoms with E-state index >= 15 is 0 Å². The summed E-state index contributed by atoms with van der Waals surface area (Å²) >= 11 is 1.61. The number of methoxy groups -OCH3 is 1. The number of benzene rings is 3. The number of rotatable bonds is 7. The second kappa shape index (κ2) is 9.47. The van der Waals surface area contributed by atoms with Gasteiger partial charge >= 0.3 is 5.97 Å². The minimum Gasteiger partial charge on any atom is -0.467 e. The van der Waals surface area contributed by atoms with E-state index in [0.717, 1.165) is 27.7 Å². The van der Waals surface area contributed by atoms with Gasteiger partial charge in [0.2, 0.25) is 0 Å². The van der Waals surface area contributed by atoms with Crippen LogP contribution in [0, 0.1) is 0 Å². The number of thioether (sulfide) groups is 1. The summed E-state index contributed by atoms with van der Waals surface area (Å²) in [5.74, 6) is -0.0446. The monoisotopic (exact) mass is 408 g/mol. The first-order valence-corrected chi connectivity index (χ1v) is 10.7. The van der Waals surface area contributed by atoms with Gasteiger partial charge in [-0.3, -0.25) is 4.79 Å². The molecule has 0 aliphatic carbocycles. The van der Waals surface area contributed by atoms with Crippen molar-refractivity contribution < 1.29 is 14.3 Å². The van der Waals surface area contributed by atoms with Gasteiger partial charge in [-0.25, -0.2) is 4.79 Å². The molecule has 3 N–H and O–H groups in total. The number of ether oxygens (including phenoxy) is 1. The lowest BCUT2D eigenvalue weighted by molar-refractivity contribution is -0.142. The zero-order valence-electron chi connectivity index (χ0n) is 16.5. The van der Waals surface area contributed by atoms with Gasteiger partial charge in [0.15, 0.2) is 0 Å². The first-order valence-electron chi connectivity index (χ1n) is 9.30. The number of hydrogen-bond acceptors (Lipinski definition) is 5. The summed E-state index contributed by atoms with van der Waals surface area (Å²) < 4.78 is 4.85. The Bertz CT molecular complexity index is 1030. The van der Waals surface area contributed by atoms with Crippen LogP contribution in [-0.4, -0.2) is 37.0 Å². The number of carbonyl (C=O) groups excluding carboxylic acids is 2. The maximum Gasteiger partial charge on any atom is 0.328 e. The smallest absolute Gasteiger partial charge is 0.328 e. The van der Waals surface area contributed by atoms with Crippen molar-refractivity contribution in [3.8, 4) is 11.1 Å². The van der Waals surface area contributed by atoms with Crippen molar-refractivity contribution in [1.82, 2.24) is 5.32 Å². The van der Waals surface area contributed by atoms with E-state index in [4.69, 9.17) is 10.5 Å². The van der Waals surface area contributed by atoms with Crippen LogP contribution in [-0.2, 0) is 9.53 Å². The average Bonchev–Trinajstić information content (AvgIpc) is 2.75. The van der Waals surface area contributed by atoms with Gasteiger partial charge in [-0.05, 0) is 58.5 Å². The summed E-state index contributed by atoms with van der Waals surface area (Å²) in [4.78, 5) is 25.2. The molecule has 3 aromatic rings. The predicted octanol–water partition coefficient (Wildman–Crippen LogP) is 4.11. The third-order valence-electron chi connectivity index (χ3n) is 4.77. The Kier molecular flexibility index (Phi) is 6.77. The molecule has 0 unspecified atom stereocenters. The molecule has 0 aliphatic heterocycles. The van der Waals surface area contributed by atoms with Gasteiger partial charge in [-0.2, -0.15) is 11.8 Å². The molecule has 3 rings (SSSR count). The van der Waals surface area contributed by atoms with Crippen molar-refractivity contribution in [1.29, 1.82) is 0 Å². The van der Waals surface area contributed by atoms with Gasteiger partial charge in [-0.15, -0.1) is 0 Å². The highest BCUT2D eigenvalue weighted by molar-refractivity contribution is 7.98. The Morgan fingerprint density at radius 2 is 1.83 bits per heavy atom. The van der Waals surface area contributed by atoms with E-state index in [2.05, 4.69) is 5.32 Å². The summed E-state index contributed by atoms with van der Waals surface area (Å²) in [6.07, 6.45) is 2.45. The molecule has 1 amide bonds. The lowest BCUT2D eigenvalue weighted by atomic mass is 9.93. The molecule has 150 valence electrons. The van der Waals surface area contributed by atoms with E-state index in [1.807, 2.05) is 48.7 Å². The first kappa shape index (κ1) is 20.7. The Labute approximate surface area is 174 Å². The van der Waals surface area contributed by atoms with E-state index in [-0.39, 0.29) is 5.91 Å². The molecule has 0 heterocycles. The molecule has 0 radical (unpaired) electrons. The van der Waals surface area contributed by atoms with E-state index in [0.29, 0.717) is 17.7 Å². The number of fused-ring (bicyclic) bond motifs is 1. The fraction of sp³-hybridized carbons (Fsp3) is 0.217. The molecule has 6 heteroatoms. The molecular formula is C23H24N2O3S. The zero-order valence-corrected chi connectivity index (χ0v) is 17.3. The maximum absolute atomic E-state index is 13.1. The molecule has 0 aliphatic rings. The van der Waals surface area contributed by atoms with Crippen molar-refractivity contribution in [3.63, 3.8) is 0 Å². The van der Waals surface area contributed by atoms with Crippen LogP contribution < -0.4 is 11.1 Å². The van der Waals surface area contributed by atoms with Gasteiger partial charge in [-0.1, -0.05) is 42.5 Å². The van der Waals surface area contributed by atoms with Crippen molar-refractivity contribution >= 4 is 40.1 Å². The van der Waals surface area contributed by atoms with Crippen LogP contribution in [0.25, 0.3) is 21.9 Å². The van der Waals surface area contributed by atoms with Crippen molar-refractivity contribution in [2.75, 3.05) is 24.9 Å². The number of amides is 1. The topological polar surface area (TPSA) is 81.4 Å². The molecule has 0 fully saturated rings. The highest BCUT2D eigenvalue weighted by atomic mass is 32.2. The highest BCUT2D eigenvalue weighted by Gasteiger charge is 2.23. The van der Waals surface area contributed by atoms with E-state index < -0.39 is 12.0 Å². The summed E-state index contributed by atoms with van der Waals surface area (Å²) in [6, 6.07) is 18.4. The maximum atomic E-state index is 13.1. The number of anilines is 1. The number of nitrogens with two attached hydrogens (primary N) is 1. The van der Waals surface area contributed by atoms with Gasteiger partial charge in [0.05, 0.1) is 7.11 Å². The molecular weight excluding hydrogens is 384 g/mol. The average molecular weight is 409 g/mol. The van der Waals surface area contributed by atoms with Gasteiger partial charge in [0.1, 0.15) is 6.04 Å². The molecule has 3 aromatic carbocycles. The third-order valence-corrected chi connectivity index (χ3v) is 5.41. The number of nitrogens with one attached hydrogen (secondary N) is 1. The van der Waals surface area contributed by atoms with Crippen molar-refractivity contribution in [3.05, 3.63) is 66.2 Å². The molecule has 5 nitrogen and oxygen atoms in total. The molecule has 29 heavy (non-hydrogen) atoms. The van der Waals surface area contributed by atoms with Crippen LogP contribution >= 0.6 is 11.8 Å². The van der Waals surface area contributed by atoms with Crippen LogP contribution in [0.2, 0.25) is 0 Å². The molecule has 0 saturated carbocycles. The standard InChI is InChI=1S/C23H24N2O3S/c1-28-23(27)21(12-13-29-2)25-22(26)19-11-10-16(24)14-20(19)18-9-5-7-15-6-3-4-8-17(15)18/h3-11,14,21H,12-13,24H2,1-2H3,(H,25,26)/t21-/m1/s1. The summed E-state index contributed by atoms with van der Waals surface area (Å²) in [7, 11) is 1.32. The van der Waals surface area contributed by atoms with Crippen LogP contribution in [0.5, 0.6) is 0 Å². The minimum atomic E-state index is -0.696. The Balaban J connectivity index is 2.02. The van der Waals surface area contributed by atoms with Crippen molar-refractivity contribution in [2.24, 2.45) is 0 Å². The third kappa shape index (κ3) is 4.71. The fourth-order valence-electron chi connectivity index (χ4n) is 3.31. The van der Waals surface area contributed by atoms with E-state index in [1.54, 1.807) is 30.0 Å². The Morgan fingerprint density at radius 1 is 1.07 bits per heavy atom. The SMILES string of the molecule is COC(=O)[C@@H](CCSC)NC(=O)c1ccc(N)cc1-c1cccc2ccccc12. The van der Waals surface area contributed by atoms with Crippen LogP contribution in [0.15, 0.2) is 60.7 Å². The number of carbonyl (C=O) groups is 2. The number of hydrogen-bond donors (Lipinski definition) is 2. The number of esters is 1. The molecule has 0 aromatic heterocycles. The highest BCUT2D eigenvalue weighted by Crippen LogP contribution is 2.32. The van der Waals surface area contributed by atoms with E-state index in [1.165, 1.54) is 7.11 Å². The van der Waals surface area contributed by atoms with Crippen LogP contribution in [0.4, 0.5) is 5.69 Å². The first-order chi connectivity index (χ1) is 14.0. The molecule has 0 saturated heterocycles. The Hall–Kier alpha value is -2.99. The second-order valence-corrected chi connectivity index (χ2v) is 7.65. The predicted molar refractivity (Wildman–Crippen MR) is 120 cm³/mol. The minimum absolute atomic E-state index is 0.329. The Morgan fingerprint density at radius 3 is 2.59 bits per heavy atom. The quantitative estimate of drug-likeness (QED) is 0.454.